The molecule has 0 saturated carbocycles. The summed E-state index contributed by atoms with van der Waals surface area (Å²) in [4.78, 5) is 32.2. The highest BCUT2D eigenvalue weighted by atomic mass is 32.2. The van der Waals surface area contributed by atoms with Gasteiger partial charge in [-0.1, -0.05) is 18.2 Å². The standard InChI is InChI=1S/C12H14N2O4S/c13-11(16)9-4-2-1-3-8(9)5-19-6-10(12(17)18)14-7-15/h1-4,7,10H,5-6H2,(H2,13,16)(H,14,15)(H,17,18). The average molecular weight is 282 g/mol. The van der Waals surface area contributed by atoms with Crippen molar-refractivity contribution < 1.29 is 19.5 Å². The van der Waals surface area contributed by atoms with E-state index < -0.39 is 17.9 Å². The van der Waals surface area contributed by atoms with Crippen LogP contribution in [0.2, 0.25) is 0 Å². The van der Waals surface area contributed by atoms with Gasteiger partial charge in [0.25, 0.3) is 0 Å². The van der Waals surface area contributed by atoms with Crippen molar-refractivity contribution in [2.24, 2.45) is 5.73 Å². The van der Waals surface area contributed by atoms with E-state index in [1.807, 2.05) is 0 Å². The molecule has 1 aromatic carbocycles. The van der Waals surface area contributed by atoms with Crippen LogP contribution < -0.4 is 11.1 Å². The van der Waals surface area contributed by atoms with Crippen LogP contribution in [0.1, 0.15) is 15.9 Å². The number of carboxylic acids is 1. The minimum atomic E-state index is -1.09. The molecule has 4 N–H and O–H groups in total. The summed E-state index contributed by atoms with van der Waals surface area (Å²) in [6, 6.07) is 5.93. The Labute approximate surface area is 114 Å². The van der Waals surface area contributed by atoms with Crippen LogP contribution in [0, 0.1) is 0 Å². The first kappa shape index (κ1) is 15.0. The fourth-order valence-electron chi connectivity index (χ4n) is 1.45. The number of nitrogens with two attached hydrogens (primary N) is 1. The monoisotopic (exact) mass is 282 g/mol. The second-order valence-corrected chi connectivity index (χ2v) is 4.74. The third kappa shape index (κ3) is 4.63. The van der Waals surface area contributed by atoms with Crippen LogP contribution >= 0.6 is 11.8 Å². The number of thioether (sulfide) groups is 1. The van der Waals surface area contributed by atoms with Gasteiger partial charge in [0.2, 0.25) is 12.3 Å². The third-order valence-electron chi connectivity index (χ3n) is 2.39. The van der Waals surface area contributed by atoms with E-state index in [4.69, 9.17) is 10.8 Å². The molecule has 0 radical (unpaired) electrons. The summed E-state index contributed by atoms with van der Waals surface area (Å²) in [5.41, 5.74) is 6.41. The summed E-state index contributed by atoms with van der Waals surface area (Å²) in [6.07, 6.45) is 0.358. The molecule has 1 rings (SSSR count). The van der Waals surface area contributed by atoms with Gasteiger partial charge >= 0.3 is 5.97 Å². The molecule has 0 bridgehead atoms. The van der Waals surface area contributed by atoms with Crippen LogP contribution in [-0.2, 0) is 15.3 Å². The van der Waals surface area contributed by atoms with Gasteiger partial charge in [0.15, 0.2) is 0 Å². The molecular formula is C12H14N2O4S. The van der Waals surface area contributed by atoms with Crippen molar-refractivity contribution in [3.8, 4) is 0 Å². The molecule has 2 amide bonds. The van der Waals surface area contributed by atoms with E-state index in [1.165, 1.54) is 11.8 Å². The van der Waals surface area contributed by atoms with Gasteiger partial charge in [-0.3, -0.25) is 9.59 Å². The fourth-order valence-corrected chi connectivity index (χ4v) is 2.51. The smallest absolute Gasteiger partial charge is 0.327 e. The van der Waals surface area contributed by atoms with Crippen molar-refractivity contribution in [3.63, 3.8) is 0 Å². The first-order chi connectivity index (χ1) is 9.06. The molecule has 0 saturated heterocycles. The topological polar surface area (TPSA) is 109 Å². The number of carbonyl (C=O) groups is 3. The Morgan fingerprint density at radius 1 is 1.42 bits per heavy atom. The summed E-state index contributed by atoms with van der Waals surface area (Å²) in [7, 11) is 0. The van der Waals surface area contributed by atoms with Crippen molar-refractivity contribution in [1.82, 2.24) is 5.32 Å². The quantitative estimate of drug-likeness (QED) is 0.591. The zero-order valence-electron chi connectivity index (χ0n) is 10.0. The molecule has 0 fully saturated rings. The van der Waals surface area contributed by atoms with Crippen LogP contribution in [0.5, 0.6) is 0 Å². The maximum atomic E-state index is 11.2. The summed E-state index contributed by atoms with van der Waals surface area (Å²) < 4.78 is 0. The highest BCUT2D eigenvalue weighted by Crippen LogP contribution is 2.17. The zero-order chi connectivity index (χ0) is 14.3. The van der Waals surface area contributed by atoms with Gasteiger partial charge in [-0.05, 0) is 11.6 Å². The van der Waals surface area contributed by atoms with E-state index in [2.05, 4.69) is 5.32 Å². The Balaban J connectivity index is 2.59. The first-order valence-electron chi connectivity index (χ1n) is 5.44. The van der Waals surface area contributed by atoms with E-state index in [9.17, 15) is 14.4 Å². The number of nitrogens with one attached hydrogen (secondary N) is 1. The summed E-state index contributed by atoms with van der Waals surface area (Å²) in [6.45, 7) is 0. The van der Waals surface area contributed by atoms with Gasteiger partial charge in [-0.2, -0.15) is 11.8 Å². The number of benzene rings is 1. The molecule has 0 spiro atoms. The van der Waals surface area contributed by atoms with Crippen LogP contribution in [0.4, 0.5) is 0 Å². The predicted molar refractivity (Wildman–Crippen MR) is 71.7 cm³/mol. The van der Waals surface area contributed by atoms with Crippen molar-refractivity contribution >= 4 is 30.0 Å². The molecule has 1 aromatic rings. The molecule has 1 atom stereocenters. The largest absolute Gasteiger partial charge is 0.480 e. The SMILES string of the molecule is NC(=O)c1ccccc1CSCC(NC=O)C(=O)O. The number of hydrogen-bond acceptors (Lipinski definition) is 4. The van der Waals surface area contributed by atoms with Gasteiger partial charge in [0, 0.05) is 17.1 Å². The first-order valence-corrected chi connectivity index (χ1v) is 6.59. The maximum Gasteiger partial charge on any atom is 0.327 e. The Morgan fingerprint density at radius 3 is 2.68 bits per heavy atom. The summed E-state index contributed by atoms with van der Waals surface area (Å²) in [5, 5.41) is 11.0. The van der Waals surface area contributed by atoms with E-state index in [-0.39, 0.29) is 5.75 Å². The van der Waals surface area contributed by atoms with E-state index >= 15 is 0 Å². The van der Waals surface area contributed by atoms with Gasteiger partial charge < -0.3 is 16.2 Å². The molecule has 7 heteroatoms. The number of aliphatic carboxylic acids is 1. The lowest BCUT2D eigenvalue weighted by Crippen LogP contribution is -2.37. The van der Waals surface area contributed by atoms with Crippen LogP contribution in [-0.4, -0.2) is 35.2 Å². The van der Waals surface area contributed by atoms with E-state index in [0.29, 0.717) is 17.7 Å². The molecule has 0 aromatic heterocycles. The molecule has 19 heavy (non-hydrogen) atoms. The van der Waals surface area contributed by atoms with Crippen LogP contribution in [0.3, 0.4) is 0 Å². The maximum absolute atomic E-state index is 11.2. The Morgan fingerprint density at radius 2 is 2.11 bits per heavy atom. The molecule has 0 aliphatic rings. The van der Waals surface area contributed by atoms with Gasteiger partial charge in [-0.15, -0.1) is 0 Å². The van der Waals surface area contributed by atoms with Crippen LogP contribution in [0.15, 0.2) is 24.3 Å². The van der Waals surface area contributed by atoms with Crippen molar-refractivity contribution in [3.05, 3.63) is 35.4 Å². The molecule has 102 valence electrons. The van der Waals surface area contributed by atoms with Gasteiger partial charge in [0.05, 0.1) is 0 Å². The van der Waals surface area contributed by atoms with Crippen molar-refractivity contribution in [1.29, 1.82) is 0 Å². The number of rotatable bonds is 8. The lowest BCUT2D eigenvalue weighted by molar-refractivity contribution is -0.139. The van der Waals surface area contributed by atoms with E-state index in [1.54, 1.807) is 24.3 Å². The number of primary amides is 1. The Kier molecular flexibility index (Phi) is 5.87. The molecular weight excluding hydrogens is 268 g/mol. The van der Waals surface area contributed by atoms with Crippen LogP contribution in [0.25, 0.3) is 0 Å². The number of carbonyl (C=O) groups excluding carboxylic acids is 2. The van der Waals surface area contributed by atoms with Crippen molar-refractivity contribution in [2.45, 2.75) is 11.8 Å². The minimum absolute atomic E-state index is 0.209. The van der Waals surface area contributed by atoms with E-state index in [0.717, 1.165) is 5.56 Å². The number of amides is 2. The normalized spacial score (nSPS) is 11.6. The molecule has 0 aliphatic heterocycles. The minimum Gasteiger partial charge on any atom is -0.480 e. The number of hydrogen-bond donors (Lipinski definition) is 3. The molecule has 6 nitrogen and oxygen atoms in total. The molecule has 0 heterocycles. The lowest BCUT2D eigenvalue weighted by Gasteiger charge is -2.11. The summed E-state index contributed by atoms with van der Waals surface area (Å²) >= 11 is 1.30. The van der Waals surface area contributed by atoms with Gasteiger partial charge in [-0.25, -0.2) is 4.79 Å². The summed E-state index contributed by atoms with van der Waals surface area (Å²) in [5.74, 6) is -0.954. The average Bonchev–Trinajstić information content (AvgIpc) is 2.38. The highest BCUT2D eigenvalue weighted by molar-refractivity contribution is 7.98. The third-order valence-corrected chi connectivity index (χ3v) is 3.48. The molecule has 0 aliphatic carbocycles. The predicted octanol–water partition coefficient (Wildman–Crippen LogP) is 0.218. The Hall–Kier alpha value is -2.02. The fraction of sp³-hybridized carbons (Fsp3) is 0.250. The lowest BCUT2D eigenvalue weighted by atomic mass is 10.1. The second kappa shape index (κ2) is 7.42. The Bertz CT molecular complexity index is 479. The number of carboxylic acid groups (broad SMARTS) is 1. The van der Waals surface area contributed by atoms with Gasteiger partial charge in [0.1, 0.15) is 6.04 Å². The molecule has 1 unspecified atom stereocenters. The highest BCUT2D eigenvalue weighted by Gasteiger charge is 2.16. The van der Waals surface area contributed by atoms with Crippen molar-refractivity contribution in [2.75, 3.05) is 5.75 Å². The zero-order valence-corrected chi connectivity index (χ0v) is 10.9. The second-order valence-electron chi connectivity index (χ2n) is 3.71.